The van der Waals surface area contributed by atoms with E-state index in [-0.39, 0.29) is 11.8 Å². The topological polar surface area (TPSA) is 84.5 Å². The van der Waals surface area contributed by atoms with E-state index in [0.717, 1.165) is 5.56 Å². The summed E-state index contributed by atoms with van der Waals surface area (Å²) in [6.45, 7) is 1.99. The Bertz CT molecular complexity index is 986. The fourth-order valence-corrected chi connectivity index (χ4v) is 3.31. The summed E-state index contributed by atoms with van der Waals surface area (Å²) in [4.78, 5) is 37.1. The van der Waals surface area contributed by atoms with Gasteiger partial charge in [-0.1, -0.05) is 36.4 Å². The monoisotopic (exact) mass is 422 g/mol. The number of benzene rings is 2. The SMILES string of the molecule is CC(OC(=O)c1ccc(NC(=O)c2cccs2)cc1)C(=O)NCCc1ccccc1. The molecule has 30 heavy (non-hydrogen) atoms. The molecule has 0 fully saturated rings. The van der Waals surface area contributed by atoms with E-state index in [2.05, 4.69) is 10.6 Å². The van der Waals surface area contributed by atoms with Gasteiger partial charge >= 0.3 is 5.97 Å². The minimum atomic E-state index is -0.911. The van der Waals surface area contributed by atoms with Crippen molar-refractivity contribution in [2.45, 2.75) is 19.4 Å². The van der Waals surface area contributed by atoms with E-state index in [1.807, 2.05) is 35.7 Å². The molecule has 7 heteroatoms. The molecule has 1 heterocycles. The second-order valence-electron chi connectivity index (χ2n) is 6.58. The van der Waals surface area contributed by atoms with Crippen LogP contribution < -0.4 is 10.6 Å². The zero-order valence-corrected chi connectivity index (χ0v) is 17.3. The molecule has 3 rings (SSSR count). The van der Waals surface area contributed by atoms with Crippen molar-refractivity contribution in [3.63, 3.8) is 0 Å². The van der Waals surface area contributed by atoms with Crippen LogP contribution in [0.2, 0.25) is 0 Å². The van der Waals surface area contributed by atoms with Gasteiger partial charge in [-0.2, -0.15) is 0 Å². The van der Waals surface area contributed by atoms with Crippen molar-refractivity contribution in [3.8, 4) is 0 Å². The smallest absolute Gasteiger partial charge is 0.338 e. The maximum absolute atomic E-state index is 12.3. The molecule has 3 aromatic rings. The van der Waals surface area contributed by atoms with Gasteiger partial charge in [0.2, 0.25) is 0 Å². The number of carbonyl (C=O) groups excluding carboxylic acids is 3. The highest BCUT2D eigenvalue weighted by atomic mass is 32.1. The van der Waals surface area contributed by atoms with Gasteiger partial charge in [-0.25, -0.2) is 4.79 Å². The maximum atomic E-state index is 12.3. The standard InChI is InChI=1S/C23H22N2O4S/c1-16(21(26)24-14-13-17-6-3-2-4-7-17)29-23(28)18-9-11-19(12-10-18)25-22(27)20-8-5-15-30-20/h2-12,15-16H,13-14H2,1H3,(H,24,26)(H,25,27). The highest BCUT2D eigenvalue weighted by molar-refractivity contribution is 7.12. The Hall–Kier alpha value is -3.45. The predicted octanol–water partition coefficient (Wildman–Crippen LogP) is 3.90. The number of rotatable bonds is 8. The number of ether oxygens (including phenoxy) is 1. The number of carbonyl (C=O) groups is 3. The quantitative estimate of drug-likeness (QED) is 0.539. The van der Waals surface area contributed by atoms with E-state index in [1.165, 1.54) is 18.3 Å². The van der Waals surface area contributed by atoms with Crippen molar-refractivity contribution < 1.29 is 19.1 Å². The number of nitrogens with one attached hydrogen (secondary N) is 2. The lowest BCUT2D eigenvalue weighted by Crippen LogP contribution is -2.36. The summed E-state index contributed by atoms with van der Waals surface area (Å²) in [6, 6.07) is 19.7. The first kappa shape index (κ1) is 21.3. The van der Waals surface area contributed by atoms with Crippen molar-refractivity contribution in [1.29, 1.82) is 0 Å². The summed E-state index contributed by atoms with van der Waals surface area (Å²) in [5, 5.41) is 7.36. The molecule has 1 aromatic heterocycles. The summed E-state index contributed by atoms with van der Waals surface area (Å²) in [5.41, 5.74) is 1.98. The van der Waals surface area contributed by atoms with Crippen LogP contribution in [0.4, 0.5) is 5.69 Å². The normalized spacial score (nSPS) is 11.4. The summed E-state index contributed by atoms with van der Waals surface area (Å²) in [5.74, 6) is -1.16. The third kappa shape index (κ3) is 6.02. The molecule has 6 nitrogen and oxygen atoms in total. The van der Waals surface area contributed by atoms with Gasteiger partial charge in [-0.15, -0.1) is 11.3 Å². The van der Waals surface area contributed by atoms with Gasteiger partial charge < -0.3 is 15.4 Å². The second-order valence-corrected chi connectivity index (χ2v) is 7.53. The number of hydrogen-bond donors (Lipinski definition) is 2. The fraction of sp³-hybridized carbons (Fsp3) is 0.174. The van der Waals surface area contributed by atoms with Crippen molar-refractivity contribution in [3.05, 3.63) is 88.1 Å². The number of hydrogen-bond acceptors (Lipinski definition) is 5. The Balaban J connectivity index is 1.46. The van der Waals surface area contributed by atoms with Crippen LogP contribution in [-0.2, 0) is 16.0 Å². The zero-order valence-electron chi connectivity index (χ0n) is 16.5. The van der Waals surface area contributed by atoms with Crippen LogP contribution in [0, 0.1) is 0 Å². The predicted molar refractivity (Wildman–Crippen MR) is 117 cm³/mol. The molecule has 154 valence electrons. The number of thiophene rings is 1. The third-order valence-corrected chi connectivity index (χ3v) is 5.20. The number of anilines is 1. The average molecular weight is 423 g/mol. The van der Waals surface area contributed by atoms with Crippen LogP contribution in [0.5, 0.6) is 0 Å². The van der Waals surface area contributed by atoms with Crippen LogP contribution in [0.1, 0.15) is 32.5 Å². The summed E-state index contributed by atoms with van der Waals surface area (Å²) >= 11 is 1.35. The molecule has 0 spiro atoms. The molecule has 2 amide bonds. The van der Waals surface area contributed by atoms with Gasteiger partial charge in [-0.05, 0) is 54.6 Å². The number of amides is 2. The molecule has 0 bridgehead atoms. The molecule has 0 aliphatic heterocycles. The lowest BCUT2D eigenvalue weighted by Gasteiger charge is -2.14. The van der Waals surface area contributed by atoms with Gasteiger partial charge in [0.15, 0.2) is 6.10 Å². The summed E-state index contributed by atoms with van der Waals surface area (Å²) in [6.07, 6.45) is -0.210. The van der Waals surface area contributed by atoms with Crippen LogP contribution >= 0.6 is 11.3 Å². The molecule has 2 aromatic carbocycles. The van der Waals surface area contributed by atoms with Crippen LogP contribution in [0.3, 0.4) is 0 Å². The lowest BCUT2D eigenvalue weighted by molar-refractivity contribution is -0.129. The van der Waals surface area contributed by atoms with Crippen LogP contribution in [0.15, 0.2) is 72.1 Å². The van der Waals surface area contributed by atoms with Crippen LogP contribution in [0.25, 0.3) is 0 Å². The Kier molecular flexibility index (Phi) is 7.34. The summed E-state index contributed by atoms with van der Waals surface area (Å²) < 4.78 is 5.24. The highest BCUT2D eigenvalue weighted by Gasteiger charge is 2.18. The van der Waals surface area contributed by atoms with Gasteiger partial charge in [0.05, 0.1) is 10.4 Å². The third-order valence-electron chi connectivity index (χ3n) is 4.33. The molecule has 0 radical (unpaired) electrons. The Morgan fingerprint density at radius 1 is 0.967 bits per heavy atom. The van der Waals surface area contributed by atoms with Crippen molar-refractivity contribution in [2.24, 2.45) is 0 Å². The van der Waals surface area contributed by atoms with Gasteiger partial charge in [0, 0.05) is 12.2 Å². The van der Waals surface area contributed by atoms with E-state index in [9.17, 15) is 14.4 Å². The van der Waals surface area contributed by atoms with Gasteiger partial charge in [0.25, 0.3) is 11.8 Å². The van der Waals surface area contributed by atoms with E-state index in [4.69, 9.17) is 4.74 Å². The fourth-order valence-electron chi connectivity index (χ4n) is 2.69. The molecule has 0 saturated heterocycles. The zero-order chi connectivity index (χ0) is 21.3. The Morgan fingerprint density at radius 3 is 2.37 bits per heavy atom. The molecule has 0 aliphatic carbocycles. The molecule has 0 aliphatic rings. The Labute approximate surface area is 178 Å². The number of esters is 1. The first-order valence-corrected chi connectivity index (χ1v) is 10.4. The highest BCUT2D eigenvalue weighted by Crippen LogP contribution is 2.15. The van der Waals surface area contributed by atoms with Crippen molar-refractivity contribution in [1.82, 2.24) is 5.32 Å². The first-order valence-electron chi connectivity index (χ1n) is 9.50. The van der Waals surface area contributed by atoms with Gasteiger partial charge in [-0.3, -0.25) is 9.59 Å². The minimum absolute atomic E-state index is 0.207. The van der Waals surface area contributed by atoms with E-state index in [1.54, 1.807) is 36.4 Å². The van der Waals surface area contributed by atoms with Gasteiger partial charge in [0.1, 0.15) is 0 Å². The van der Waals surface area contributed by atoms with E-state index >= 15 is 0 Å². The molecular formula is C23H22N2O4S. The molecule has 1 atom stereocenters. The second kappa shape index (κ2) is 10.4. The largest absolute Gasteiger partial charge is 0.449 e. The first-order chi connectivity index (χ1) is 14.5. The summed E-state index contributed by atoms with van der Waals surface area (Å²) in [7, 11) is 0. The molecule has 0 saturated carbocycles. The van der Waals surface area contributed by atoms with Crippen LogP contribution in [-0.4, -0.2) is 30.4 Å². The van der Waals surface area contributed by atoms with E-state index in [0.29, 0.717) is 29.1 Å². The van der Waals surface area contributed by atoms with Crippen molar-refractivity contribution in [2.75, 3.05) is 11.9 Å². The Morgan fingerprint density at radius 2 is 1.70 bits per heavy atom. The maximum Gasteiger partial charge on any atom is 0.338 e. The van der Waals surface area contributed by atoms with E-state index < -0.39 is 12.1 Å². The molecule has 2 N–H and O–H groups in total. The average Bonchev–Trinajstić information content (AvgIpc) is 3.30. The molecule has 1 unspecified atom stereocenters. The molecular weight excluding hydrogens is 400 g/mol. The lowest BCUT2D eigenvalue weighted by atomic mass is 10.1. The van der Waals surface area contributed by atoms with Crippen molar-refractivity contribution >= 4 is 34.8 Å². The minimum Gasteiger partial charge on any atom is -0.449 e.